The third kappa shape index (κ3) is 3.67. The summed E-state index contributed by atoms with van der Waals surface area (Å²) >= 11 is 1.42. The number of hydrogen-bond donors (Lipinski definition) is 1. The number of primary amides is 1. The predicted molar refractivity (Wildman–Crippen MR) is 112 cm³/mol. The first-order chi connectivity index (χ1) is 14.1. The number of thiophene rings is 1. The van der Waals surface area contributed by atoms with Gasteiger partial charge in [-0.15, -0.1) is 11.3 Å². The van der Waals surface area contributed by atoms with Crippen LogP contribution in [0.2, 0.25) is 0 Å². The summed E-state index contributed by atoms with van der Waals surface area (Å²) < 4.78 is 1.42. The first-order valence-electron chi connectivity index (χ1n) is 9.57. The Balaban J connectivity index is 1.81. The lowest BCUT2D eigenvalue weighted by Crippen LogP contribution is -2.48. The van der Waals surface area contributed by atoms with Crippen LogP contribution in [0.5, 0.6) is 0 Å². The summed E-state index contributed by atoms with van der Waals surface area (Å²) in [5.74, 6) is 0.140. The lowest BCUT2D eigenvalue weighted by molar-refractivity contribution is -0.124. The highest BCUT2D eigenvalue weighted by molar-refractivity contribution is 7.17. The van der Waals surface area contributed by atoms with Gasteiger partial charge in [-0.25, -0.2) is 4.98 Å². The summed E-state index contributed by atoms with van der Waals surface area (Å²) in [6.45, 7) is 0.947. The minimum atomic E-state index is -0.366. The Kier molecular flexibility index (Phi) is 5.43. The molecule has 1 atom stereocenters. The number of benzene rings is 1. The van der Waals surface area contributed by atoms with Gasteiger partial charge in [0.15, 0.2) is 0 Å². The van der Waals surface area contributed by atoms with Crippen LogP contribution in [0.4, 0.5) is 0 Å². The minimum Gasteiger partial charge on any atom is -0.368 e. The molecule has 2 aromatic heterocycles. The quantitative estimate of drug-likeness (QED) is 0.700. The maximum Gasteiger partial charge on any atom is 0.263 e. The van der Waals surface area contributed by atoms with Crippen molar-refractivity contribution < 1.29 is 4.79 Å². The number of carbonyl (C=O) groups excluding carboxylic acids is 1. The van der Waals surface area contributed by atoms with E-state index in [2.05, 4.69) is 6.07 Å². The zero-order valence-corrected chi connectivity index (χ0v) is 16.7. The SMILES string of the molecule is N#CCn1c(CN2CCCC[C@@H]2C(N)=O)nc2scc(-c3ccccc3)c2c1=O. The van der Waals surface area contributed by atoms with E-state index in [4.69, 9.17) is 10.7 Å². The highest BCUT2D eigenvalue weighted by Gasteiger charge is 2.28. The second kappa shape index (κ2) is 8.15. The van der Waals surface area contributed by atoms with E-state index in [1.165, 1.54) is 15.9 Å². The smallest absolute Gasteiger partial charge is 0.263 e. The molecule has 3 heterocycles. The van der Waals surface area contributed by atoms with Crippen molar-refractivity contribution in [3.63, 3.8) is 0 Å². The molecular formula is C21H21N5O2S. The average Bonchev–Trinajstić information content (AvgIpc) is 3.16. The molecule has 3 aromatic rings. The predicted octanol–water partition coefficient (Wildman–Crippen LogP) is 2.49. The minimum absolute atomic E-state index is 0.0870. The molecule has 1 aliphatic rings. The van der Waals surface area contributed by atoms with Crippen LogP contribution in [0.25, 0.3) is 21.3 Å². The molecule has 1 amide bonds. The van der Waals surface area contributed by atoms with E-state index in [9.17, 15) is 14.9 Å². The van der Waals surface area contributed by atoms with E-state index in [0.717, 1.165) is 24.0 Å². The number of rotatable bonds is 5. The number of hydrogen-bond acceptors (Lipinski definition) is 6. The van der Waals surface area contributed by atoms with Gasteiger partial charge < -0.3 is 5.73 Å². The fraction of sp³-hybridized carbons (Fsp3) is 0.333. The number of likely N-dealkylation sites (tertiary alicyclic amines) is 1. The van der Waals surface area contributed by atoms with Gasteiger partial charge in [-0.3, -0.25) is 19.1 Å². The molecule has 4 rings (SSSR count). The van der Waals surface area contributed by atoms with Crippen molar-refractivity contribution in [2.75, 3.05) is 6.54 Å². The molecule has 0 aliphatic carbocycles. The van der Waals surface area contributed by atoms with Gasteiger partial charge in [0.2, 0.25) is 5.91 Å². The van der Waals surface area contributed by atoms with Crippen LogP contribution < -0.4 is 11.3 Å². The van der Waals surface area contributed by atoms with Gasteiger partial charge in [-0.05, 0) is 24.9 Å². The molecule has 1 aliphatic heterocycles. The zero-order chi connectivity index (χ0) is 20.4. The normalized spacial score (nSPS) is 17.3. The van der Waals surface area contributed by atoms with Crippen LogP contribution in [0, 0.1) is 11.3 Å². The van der Waals surface area contributed by atoms with Crippen molar-refractivity contribution in [1.82, 2.24) is 14.5 Å². The third-order valence-corrected chi connectivity index (χ3v) is 6.25. The van der Waals surface area contributed by atoms with Gasteiger partial charge in [-0.1, -0.05) is 36.8 Å². The summed E-state index contributed by atoms with van der Waals surface area (Å²) in [5.41, 5.74) is 7.12. The van der Waals surface area contributed by atoms with Crippen LogP contribution in [-0.4, -0.2) is 32.9 Å². The Morgan fingerprint density at radius 3 is 2.83 bits per heavy atom. The summed E-state index contributed by atoms with van der Waals surface area (Å²) in [5, 5.41) is 11.8. The van der Waals surface area contributed by atoms with Crippen LogP contribution in [0.15, 0.2) is 40.5 Å². The van der Waals surface area contributed by atoms with E-state index < -0.39 is 0 Å². The van der Waals surface area contributed by atoms with Gasteiger partial charge in [0.25, 0.3) is 5.56 Å². The first-order valence-corrected chi connectivity index (χ1v) is 10.4. The van der Waals surface area contributed by atoms with E-state index in [1.54, 1.807) is 0 Å². The highest BCUT2D eigenvalue weighted by atomic mass is 32.1. The van der Waals surface area contributed by atoms with E-state index >= 15 is 0 Å². The zero-order valence-electron chi connectivity index (χ0n) is 15.9. The Labute approximate surface area is 172 Å². The van der Waals surface area contributed by atoms with E-state index in [-0.39, 0.29) is 24.1 Å². The third-order valence-electron chi connectivity index (χ3n) is 5.37. The van der Waals surface area contributed by atoms with Crippen LogP contribution in [0.1, 0.15) is 25.1 Å². The fourth-order valence-electron chi connectivity index (χ4n) is 3.94. The monoisotopic (exact) mass is 407 g/mol. The largest absolute Gasteiger partial charge is 0.368 e. The number of nitriles is 1. The summed E-state index contributed by atoms with van der Waals surface area (Å²) in [6, 6.07) is 11.4. The molecule has 7 nitrogen and oxygen atoms in total. The number of amides is 1. The van der Waals surface area contributed by atoms with Crippen LogP contribution in [0.3, 0.4) is 0 Å². The first kappa shape index (κ1) is 19.3. The van der Waals surface area contributed by atoms with E-state index in [1.807, 2.05) is 40.6 Å². The van der Waals surface area contributed by atoms with Crippen molar-refractivity contribution in [2.45, 2.75) is 38.4 Å². The van der Waals surface area contributed by atoms with Gasteiger partial charge in [0.05, 0.1) is 24.0 Å². The van der Waals surface area contributed by atoms with Crippen molar-refractivity contribution in [3.05, 3.63) is 51.9 Å². The van der Waals surface area contributed by atoms with Gasteiger partial charge >= 0.3 is 0 Å². The standard InChI is InChI=1S/C21H21N5O2S/c22-9-11-26-17(12-25-10-5-4-8-16(25)19(23)27)24-20-18(21(26)28)15(13-29-20)14-6-2-1-3-7-14/h1-3,6-7,13,16H,4-5,8,10-12H2,(H2,23,27)/t16-/m1/s1. The number of aromatic nitrogens is 2. The molecule has 1 fully saturated rings. The molecule has 1 aromatic carbocycles. The summed E-state index contributed by atoms with van der Waals surface area (Å²) in [6.07, 6.45) is 2.62. The van der Waals surface area contributed by atoms with Crippen molar-refractivity contribution in [2.24, 2.45) is 5.73 Å². The Morgan fingerprint density at radius 2 is 2.10 bits per heavy atom. The summed E-state index contributed by atoms with van der Waals surface area (Å²) in [7, 11) is 0. The van der Waals surface area contributed by atoms with Crippen LogP contribution in [-0.2, 0) is 17.9 Å². The molecule has 1 saturated heterocycles. The van der Waals surface area contributed by atoms with Gasteiger partial charge in [-0.2, -0.15) is 5.26 Å². The lowest BCUT2D eigenvalue weighted by atomic mass is 10.0. The molecule has 0 radical (unpaired) electrons. The molecule has 0 saturated carbocycles. The Hall–Kier alpha value is -3.02. The number of nitrogens with two attached hydrogens (primary N) is 1. The van der Waals surface area contributed by atoms with Crippen molar-refractivity contribution in [1.29, 1.82) is 5.26 Å². The molecule has 0 spiro atoms. The fourth-order valence-corrected chi connectivity index (χ4v) is 4.89. The topological polar surface area (TPSA) is 105 Å². The number of piperidine rings is 1. The number of fused-ring (bicyclic) bond motifs is 1. The maximum absolute atomic E-state index is 13.3. The van der Waals surface area contributed by atoms with Crippen molar-refractivity contribution in [3.8, 4) is 17.2 Å². The molecule has 148 valence electrons. The highest BCUT2D eigenvalue weighted by Crippen LogP contribution is 2.31. The molecule has 2 N–H and O–H groups in total. The lowest BCUT2D eigenvalue weighted by Gasteiger charge is -2.33. The van der Waals surface area contributed by atoms with Gasteiger partial charge in [0.1, 0.15) is 17.2 Å². The molecule has 29 heavy (non-hydrogen) atoms. The summed E-state index contributed by atoms with van der Waals surface area (Å²) in [4.78, 5) is 32.5. The maximum atomic E-state index is 13.3. The van der Waals surface area contributed by atoms with Gasteiger partial charge in [0, 0.05) is 10.9 Å². The molecule has 0 bridgehead atoms. The second-order valence-corrected chi connectivity index (χ2v) is 8.02. The van der Waals surface area contributed by atoms with Crippen molar-refractivity contribution >= 4 is 27.5 Å². The second-order valence-electron chi connectivity index (χ2n) is 7.16. The Morgan fingerprint density at radius 1 is 1.31 bits per heavy atom. The Bertz CT molecular complexity index is 1150. The number of nitrogens with zero attached hydrogens (tertiary/aromatic N) is 4. The van der Waals surface area contributed by atoms with E-state index in [0.29, 0.717) is 35.6 Å². The number of carbonyl (C=O) groups is 1. The average molecular weight is 407 g/mol. The molecule has 0 unspecified atom stereocenters. The molecular weight excluding hydrogens is 386 g/mol. The van der Waals surface area contributed by atoms with Crippen LogP contribution >= 0.6 is 11.3 Å². The molecule has 8 heteroatoms.